The van der Waals surface area contributed by atoms with Crippen LogP contribution in [0.4, 0.5) is 0 Å². The SMILES string of the molecule is Cc1csc(CNCc2ccccc2)n1.Cl.Cl. The van der Waals surface area contributed by atoms with Crippen LogP contribution in [0.3, 0.4) is 0 Å². The van der Waals surface area contributed by atoms with Crippen molar-refractivity contribution < 1.29 is 0 Å². The number of hydrogen-bond acceptors (Lipinski definition) is 3. The Bertz CT molecular complexity index is 417. The van der Waals surface area contributed by atoms with E-state index in [9.17, 15) is 0 Å². The molecular weight excluding hydrogens is 275 g/mol. The second-order valence-corrected chi connectivity index (χ2v) is 4.41. The second kappa shape index (κ2) is 8.48. The molecule has 5 heteroatoms. The van der Waals surface area contributed by atoms with E-state index in [1.807, 2.05) is 13.0 Å². The Balaban J connectivity index is 0.00000128. The average Bonchev–Trinajstić information content (AvgIpc) is 2.66. The smallest absolute Gasteiger partial charge is 0.107 e. The van der Waals surface area contributed by atoms with Gasteiger partial charge in [-0.05, 0) is 12.5 Å². The van der Waals surface area contributed by atoms with Crippen LogP contribution in [0.5, 0.6) is 0 Å². The van der Waals surface area contributed by atoms with Crippen molar-refractivity contribution in [3.63, 3.8) is 0 Å². The molecule has 0 fully saturated rings. The fourth-order valence-electron chi connectivity index (χ4n) is 1.39. The number of thiazole rings is 1. The highest BCUT2D eigenvalue weighted by Gasteiger charge is 1.97. The third-order valence-corrected chi connectivity index (χ3v) is 3.08. The molecule has 1 N–H and O–H groups in total. The van der Waals surface area contributed by atoms with Crippen LogP contribution in [0.2, 0.25) is 0 Å². The lowest BCUT2D eigenvalue weighted by atomic mass is 10.2. The molecule has 2 aromatic rings. The minimum Gasteiger partial charge on any atom is -0.306 e. The van der Waals surface area contributed by atoms with Crippen LogP contribution in [0.15, 0.2) is 35.7 Å². The summed E-state index contributed by atoms with van der Waals surface area (Å²) in [5.41, 5.74) is 2.42. The van der Waals surface area contributed by atoms with Crippen molar-refractivity contribution >= 4 is 36.2 Å². The third kappa shape index (κ3) is 5.50. The minimum absolute atomic E-state index is 0. The van der Waals surface area contributed by atoms with Gasteiger partial charge >= 0.3 is 0 Å². The van der Waals surface area contributed by atoms with E-state index >= 15 is 0 Å². The predicted molar refractivity (Wildman–Crippen MR) is 78.3 cm³/mol. The van der Waals surface area contributed by atoms with E-state index in [0.29, 0.717) is 0 Å². The molecule has 1 aromatic heterocycles. The van der Waals surface area contributed by atoms with Gasteiger partial charge in [0.1, 0.15) is 5.01 Å². The van der Waals surface area contributed by atoms with E-state index in [1.54, 1.807) is 11.3 Å². The Labute approximate surface area is 118 Å². The molecule has 0 radical (unpaired) electrons. The molecule has 0 bridgehead atoms. The number of benzene rings is 1. The summed E-state index contributed by atoms with van der Waals surface area (Å²) in [5.74, 6) is 0. The van der Waals surface area contributed by atoms with Crippen LogP contribution < -0.4 is 5.32 Å². The van der Waals surface area contributed by atoms with Gasteiger partial charge in [-0.3, -0.25) is 0 Å². The summed E-state index contributed by atoms with van der Waals surface area (Å²) in [4.78, 5) is 4.40. The monoisotopic (exact) mass is 290 g/mol. The van der Waals surface area contributed by atoms with E-state index in [1.165, 1.54) is 5.56 Å². The fourth-order valence-corrected chi connectivity index (χ4v) is 2.13. The summed E-state index contributed by atoms with van der Waals surface area (Å²) in [5, 5.41) is 6.62. The largest absolute Gasteiger partial charge is 0.306 e. The van der Waals surface area contributed by atoms with E-state index in [2.05, 4.69) is 39.9 Å². The summed E-state index contributed by atoms with van der Waals surface area (Å²) in [6.45, 7) is 3.78. The molecule has 0 aliphatic carbocycles. The number of halogens is 2. The number of aromatic nitrogens is 1. The molecule has 0 amide bonds. The Morgan fingerprint density at radius 2 is 1.82 bits per heavy atom. The van der Waals surface area contributed by atoms with Crippen LogP contribution in [0, 0.1) is 6.92 Å². The molecular formula is C12H16Cl2N2S. The number of rotatable bonds is 4. The lowest BCUT2D eigenvalue weighted by Crippen LogP contribution is -2.12. The van der Waals surface area contributed by atoms with Gasteiger partial charge in [-0.15, -0.1) is 36.2 Å². The van der Waals surface area contributed by atoms with E-state index in [4.69, 9.17) is 0 Å². The van der Waals surface area contributed by atoms with Gasteiger partial charge in [0, 0.05) is 24.2 Å². The minimum atomic E-state index is 0. The van der Waals surface area contributed by atoms with Crippen LogP contribution in [-0.4, -0.2) is 4.98 Å². The molecule has 0 spiro atoms. The Kier molecular flexibility index (Phi) is 8.17. The van der Waals surface area contributed by atoms with Gasteiger partial charge in [0.15, 0.2) is 0 Å². The van der Waals surface area contributed by atoms with E-state index < -0.39 is 0 Å². The van der Waals surface area contributed by atoms with Crippen molar-refractivity contribution in [1.29, 1.82) is 0 Å². The Morgan fingerprint density at radius 3 is 2.41 bits per heavy atom. The molecule has 0 aliphatic heterocycles. The molecule has 94 valence electrons. The zero-order chi connectivity index (χ0) is 10.5. The highest BCUT2D eigenvalue weighted by atomic mass is 35.5. The third-order valence-electron chi connectivity index (χ3n) is 2.11. The standard InChI is InChI=1S/C12H14N2S.2ClH/c1-10-9-15-12(14-10)8-13-7-11-5-3-2-4-6-11;;/h2-6,9,13H,7-8H2,1H3;2*1H. The summed E-state index contributed by atoms with van der Waals surface area (Å²) in [6.07, 6.45) is 0. The molecule has 1 aromatic carbocycles. The first-order valence-electron chi connectivity index (χ1n) is 5.00. The molecule has 1 heterocycles. The lowest BCUT2D eigenvalue weighted by Gasteiger charge is -2.01. The van der Waals surface area contributed by atoms with Crippen LogP contribution in [-0.2, 0) is 13.1 Å². The number of aryl methyl sites for hydroxylation is 1. The molecule has 2 rings (SSSR count). The van der Waals surface area contributed by atoms with Crippen LogP contribution in [0.25, 0.3) is 0 Å². The maximum atomic E-state index is 4.40. The van der Waals surface area contributed by atoms with Crippen molar-refractivity contribution in [3.8, 4) is 0 Å². The summed E-state index contributed by atoms with van der Waals surface area (Å²) < 4.78 is 0. The highest BCUT2D eigenvalue weighted by Crippen LogP contribution is 2.08. The highest BCUT2D eigenvalue weighted by molar-refractivity contribution is 7.09. The zero-order valence-electron chi connectivity index (χ0n) is 9.55. The molecule has 0 unspecified atom stereocenters. The van der Waals surface area contributed by atoms with Gasteiger partial charge in [0.25, 0.3) is 0 Å². The quantitative estimate of drug-likeness (QED) is 0.931. The molecule has 0 saturated carbocycles. The van der Waals surface area contributed by atoms with Crippen molar-refractivity contribution in [2.24, 2.45) is 0 Å². The zero-order valence-corrected chi connectivity index (χ0v) is 12.0. The second-order valence-electron chi connectivity index (χ2n) is 3.47. The van der Waals surface area contributed by atoms with E-state index in [0.717, 1.165) is 23.8 Å². The first-order chi connectivity index (χ1) is 7.34. The van der Waals surface area contributed by atoms with Gasteiger partial charge in [-0.1, -0.05) is 30.3 Å². The van der Waals surface area contributed by atoms with Crippen molar-refractivity contribution in [1.82, 2.24) is 10.3 Å². The number of hydrogen-bond donors (Lipinski definition) is 1. The van der Waals surface area contributed by atoms with E-state index in [-0.39, 0.29) is 24.8 Å². The normalized spacial score (nSPS) is 9.24. The fraction of sp³-hybridized carbons (Fsp3) is 0.250. The molecule has 17 heavy (non-hydrogen) atoms. The molecule has 0 saturated heterocycles. The molecule has 0 aliphatic rings. The number of nitrogens with one attached hydrogen (secondary N) is 1. The summed E-state index contributed by atoms with van der Waals surface area (Å²) in [7, 11) is 0. The first kappa shape index (κ1) is 16.4. The van der Waals surface area contributed by atoms with Gasteiger partial charge < -0.3 is 5.32 Å². The van der Waals surface area contributed by atoms with Gasteiger partial charge in [-0.25, -0.2) is 4.98 Å². The number of nitrogens with zero attached hydrogens (tertiary/aromatic N) is 1. The van der Waals surface area contributed by atoms with Crippen LogP contribution in [0.1, 0.15) is 16.3 Å². The summed E-state index contributed by atoms with van der Waals surface area (Å²) in [6, 6.07) is 10.4. The average molecular weight is 291 g/mol. The predicted octanol–water partition coefficient (Wildman–Crippen LogP) is 3.58. The maximum Gasteiger partial charge on any atom is 0.107 e. The van der Waals surface area contributed by atoms with Gasteiger partial charge in [-0.2, -0.15) is 0 Å². The molecule has 2 nitrogen and oxygen atoms in total. The molecule has 0 atom stereocenters. The first-order valence-corrected chi connectivity index (χ1v) is 5.88. The maximum absolute atomic E-state index is 4.40. The van der Waals surface area contributed by atoms with Gasteiger partial charge in [0.2, 0.25) is 0 Å². The Hall–Kier alpha value is -0.610. The van der Waals surface area contributed by atoms with Crippen LogP contribution >= 0.6 is 36.2 Å². The van der Waals surface area contributed by atoms with Gasteiger partial charge in [0.05, 0.1) is 0 Å². The van der Waals surface area contributed by atoms with Crippen molar-refractivity contribution in [2.45, 2.75) is 20.0 Å². The van der Waals surface area contributed by atoms with Crippen molar-refractivity contribution in [3.05, 3.63) is 52.0 Å². The lowest BCUT2D eigenvalue weighted by molar-refractivity contribution is 0.689. The topological polar surface area (TPSA) is 24.9 Å². The summed E-state index contributed by atoms with van der Waals surface area (Å²) >= 11 is 1.71. The van der Waals surface area contributed by atoms with Crippen molar-refractivity contribution in [2.75, 3.05) is 0 Å². The Morgan fingerprint density at radius 1 is 1.12 bits per heavy atom.